The molecule has 15 heteroatoms. The molecule has 0 spiro atoms. The van der Waals surface area contributed by atoms with Gasteiger partial charge in [-0.05, 0) is 85.0 Å². The van der Waals surface area contributed by atoms with Gasteiger partial charge in [0.1, 0.15) is 24.7 Å². The number of hydrogen-bond acceptors (Lipinski definition) is 10. The number of alkyl halides is 3. The van der Waals surface area contributed by atoms with Crippen LogP contribution in [0.15, 0.2) is 109 Å². The second-order valence-electron chi connectivity index (χ2n) is 17.3. The molecule has 65 heavy (non-hydrogen) atoms. The minimum atomic E-state index is -4.90. The molecule has 4 aromatic carbocycles. The zero-order chi connectivity index (χ0) is 46.2. The molecule has 346 valence electrons. The highest BCUT2D eigenvalue weighted by Gasteiger charge is 2.51. The van der Waals surface area contributed by atoms with E-state index in [1.807, 2.05) is 72.8 Å². The molecule has 4 atom stereocenters. The molecule has 4 aliphatic rings. The van der Waals surface area contributed by atoms with E-state index >= 15 is 0 Å². The van der Waals surface area contributed by atoms with Gasteiger partial charge < -0.3 is 29.2 Å². The summed E-state index contributed by atoms with van der Waals surface area (Å²) < 4.78 is 58.2. The Kier molecular flexibility index (Phi) is 14.8. The third kappa shape index (κ3) is 11.3. The summed E-state index contributed by atoms with van der Waals surface area (Å²) in [6, 6.07) is 30.3. The van der Waals surface area contributed by atoms with Crippen LogP contribution in [-0.4, -0.2) is 94.0 Å². The molecule has 0 bridgehead atoms. The van der Waals surface area contributed by atoms with Gasteiger partial charge in [-0.15, -0.1) is 13.2 Å². The molecule has 4 aromatic rings. The SMILES string of the molecule is COc1ccc(C(C(=O)N2C(=O)OCC2Cc2ccccc2)C2(O)CCCCC2)cc1.O=C1OCC(Cc2ccccc2)N1C(=O)C(c1cccc(OC(F)(F)F)c1)C1(O)CCCCC1. The Balaban J connectivity index is 0.000000195. The van der Waals surface area contributed by atoms with Crippen LogP contribution in [0, 0.1) is 0 Å². The molecule has 2 saturated heterocycles. The summed E-state index contributed by atoms with van der Waals surface area (Å²) in [6.07, 6.45) is 1.12. The van der Waals surface area contributed by atoms with Crippen molar-refractivity contribution in [2.45, 2.75) is 119 Å². The van der Waals surface area contributed by atoms with E-state index in [1.54, 1.807) is 19.2 Å². The predicted molar refractivity (Wildman–Crippen MR) is 232 cm³/mol. The van der Waals surface area contributed by atoms with Crippen LogP contribution in [0.5, 0.6) is 11.5 Å². The molecular formula is C50H55F3N2O10. The summed E-state index contributed by atoms with van der Waals surface area (Å²) >= 11 is 0. The Morgan fingerprint density at radius 3 is 1.51 bits per heavy atom. The molecule has 2 saturated carbocycles. The molecule has 8 rings (SSSR count). The summed E-state index contributed by atoms with van der Waals surface area (Å²) in [7, 11) is 1.58. The predicted octanol–water partition coefficient (Wildman–Crippen LogP) is 9.02. The molecule has 4 unspecified atom stereocenters. The van der Waals surface area contributed by atoms with Gasteiger partial charge >= 0.3 is 18.5 Å². The van der Waals surface area contributed by atoms with Crippen molar-refractivity contribution in [3.8, 4) is 11.5 Å². The van der Waals surface area contributed by atoms with Crippen LogP contribution >= 0.6 is 0 Å². The third-order valence-corrected chi connectivity index (χ3v) is 12.9. The molecule has 2 aliphatic heterocycles. The van der Waals surface area contributed by atoms with Crippen molar-refractivity contribution in [3.63, 3.8) is 0 Å². The number of aliphatic hydroxyl groups is 2. The summed E-state index contributed by atoms with van der Waals surface area (Å²) in [5.41, 5.74) is 0.0805. The first kappa shape index (κ1) is 47.0. The van der Waals surface area contributed by atoms with Crippen LogP contribution in [0.25, 0.3) is 0 Å². The van der Waals surface area contributed by atoms with Gasteiger partial charge in [0.05, 0.1) is 42.2 Å². The molecule has 2 N–H and O–H groups in total. The van der Waals surface area contributed by atoms with E-state index in [0.717, 1.165) is 53.8 Å². The fourth-order valence-corrected chi connectivity index (χ4v) is 9.77. The Morgan fingerprint density at radius 2 is 1.08 bits per heavy atom. The van der Waals surface area contributed by atoms with Crippen LogP contribution in [0.3, 0.4) is 0 Å². The second kappa shape index (κ2) is 20.5. The van der Waals surface area contributed by atoms with Crippen molar-refractivity contribution in [2.75, 3.05) is 20.3 Å². The number of carbonyl (C=O) groups excluding carboxylic acids is 4. The van der Waals surface area contributed by atoms with Crippen molar-refractivity contribution in [2.24, 2.45) is 0 Å². The highest BCUT2D eigenvalue weighted by molar-refractivity contribution is 5.99. The van der Waals surface area contributed by atoms with Crippen molar-refractivity contribution in [1.82, 2.24) is 9.80 Å². The molecule has 4 fully saturated rings. The van der Waals surface area contributed by atoms with Gasteiger partial charge in [0.15, 0.2) is 0 Å². The molecular weight excluding hydrogens is 846 g/mol. The summed E-state index contributed by atoms with van der Waals surface area (Å²) in [6.45, 7) is 0.162. The quantitative estimate of drug-likeness (QED) is 0.141. The van der Waals surface area contributed by atoms with E-state index < -0.39 is 71.2 Å². The number of halogens is 3. The van der Waals surface area contributed by atoms with Gasteiger partial charge in [0.2, 0.25) is 11.8 Å². The maximum absolute atomic E-state index is 13.9. The standard InChI is InChI=1S/C25H26F3NO5.C25H29NO5/c26-25(27,28)34-20-11-7-10-18(15-20)21(24(32)12-5-2-6-13-24)22(30)29-19(16-33-23(29)31)14-17-8-3-1-4-9-17;1-30-21-12-10-19(11-13-21)22(25(29)14-6-3-7-15-25)23(27)26-20(17-31-24(26)28)16-18-8-4-2-5-9-18/h1,3-4,7-11,15,19,21,32H,2,5-6,12-14,16H2;2,4-5,8-13,20,22,29H,3,6-7,14-17H2,1H3. The lowest BCUT2D eigenvalue weighted by atomic mass is 9.72. The van der Waals surface area contributed by atoms with Gasteiger partial charge in [-0.25, -0.2) is 19.4 Å². The normalized spacial score (nSPS) is 21.3. The lowest BCUT2D eigenvalue weighted by molar-refractivity contribution is -0.274. The number of benzene rings is 4. The highest BCUT2D eigenvalue weighted by atomic mass is 19.4. The molecule has 2 aliphatic carbocycles. The number of methoxy groups -OCH3 is 1. The first-order valence-electron chi connectivity index (χ1n) is 22.2. The van der Waals surface area contributed by atoms with Gasteiger partial charge in [-0.3, -0.25) is 9.59 Å². The van der Waals surface area contributed by atoms with Gasteiger partial charge in [0.25, 0.3) is 0 Å². The fraction of sp³-hybridized carbons (Fsp3) is 0.440. The number of ether oxygens (including phenoxy) is 4. The lowest BCUT2D eigenvalue weighted by Gasteiger charge is -2.40. The van der Waals surface area contributed by atoms with Gasteiger partial charge in [-0.2, -0.15) is 0 Å². The molecule has 2 heterocycles. The van der Waals surface area contributed by atoms with Crippen molar-refractivity contribution in [3.05, 3.63) is 131 Å². The van der Waals surface area contributed by atoms with Crippen molar-refractivity contribution >= 4 is 24.0 Å². The zero-order valence-electron chi connectivity index (χ0n) is 36.3. The van der Waals surface area contributed by atoms with E-state index in [2.05, 4.69) is 4.74 Å². The summed E-state index contributed by atoms with van der Waals surface area (Å²) in [4.78, 5) is 55.2. The van der Waals surface area contributed by atoms with E-state index in [0.29, 0.717) is 62.7 Å². The molecule has 12 nitrogen and oxygen atoms in total. The average molecular weight is 901 g/mol. The minimum Gasteiger partial charge on any atom is -0.497 e. The second-order valence-corrected chi connectivity index (χ2v) is 17.3. The number of nitrogens with zero attached hydrogens (tertiary/aromatic N) is 2. The number of carbonyl (C=O) groups is 4. The van der Waals surface area contributed by atoms with Gasteiger partial charge in [0, 0.05) is 0 Å². The third-order valence-electron chi connectivity index (χ3n) is 12.9. The monoisotopic (exact) mass is 900 g/mol. The Labute approximate surface area is 376 Å². The summed E-state index contributed by atoms with van der Waals surface area (Å²) in [5, 5.41) is 23.1. The minimum absolute atomic E-state index is 0.00183. The zero-order valence-corrected chi connectivity index (χ0v) is 36.3. The number of cyclic esters (lactones) is 2. The van der Waals surface area contributed by atoms with Crippen LogP contribution in [-0.2, 0) is 31.9 Å². The fourth-order valence-electron chi connectivity index (χ4n) is 9.77. The average Bonchev–Trinajstić information content (AvgIpc) is 3.84. The smallest absolute Gasteiger partial charge is 0.497 e. The van der Waals surface area contributed by atoms with Crippen LogP contribution in [0.2, 0.25) is 0 Å². The van der Waals surface area contributed by atoms with E-state index in [1.165, 1.54) is 17.0 Å². The largest absolute Gasteiger partial charge is 0.573 e. The van der Waals surface area contributed by atoms with E-state index in [-0.39, 0.29) is 18.8 Å². The maximum Gasteiger partial charge on any atom is 0.573 e. The van der Waals surface area contributed by atoms with Crippen LogP contribution in [0.1, 0.15) is 98.3 Å². The summed E-state index contributed by atoms with van der Waals surface area (Å²) in [5.74, 6) is -2.97. The highest BCUT2D eigenvalue weighted by Crippen LogP contribution is 2.44. The number of rotatable bonds is 12. The van der Waals surface area contributed by atoms with Crippen molar-refractivity contribution < 1.29 is 61.5 Å². The Bertz CT molecular complexity index is 2250. The molecule has 4 amide bonds. The molecule has 0 aromatic heterocycles. The Morgan fingerprint density at radius 1 is 0.631 bits per heavy atom. The number of amides is 4. The number of hydrogen-bond donors (Lipinski definition) is 2. The number of imide groups is 2. The first-order chi connectivity index (χ1) is 31.2. The topological polar surface area (TPSA) is 152 Å². The van der Waals surface area contributed by atoms with Crippen LogP contribution in [0.4, 0.5) is 22.8 Å². The van der Waals surface area contributed by atoms with Crippen molar-refractivity contribution in [1.29, 1.82) is 0 Å². The van der Waals surface area contributed by atoms with Gasteiger partial charge in [-0.1, -0.05) is 123 Å². The first-order valence-corrected chi connectivity index (χ1v) is 22.2. The van der Waals surface area contributed by atoms with Crippen LogP contribution < -0.4 is 9.47 Å². The molecule has 0 radical (unpaired) electrons. The van der Waals surface area contributed by atoms with E-state index in [9.17, 15) is 42.6 Å². The Hall–Kier alpha value is -5.93. The lowest BCUT2D eigenvalue weighted by Crippen LogP contribution is -2.50. The maximum atomic E-state index is 13.9. The van der Waals surface area contributed by atoms with E-state index in [4.69, 9.17) is 14.2 Å².